The summed E-state index contributed by atoms with van der Waals surface area (Å²) >= 11 is 3.02. The molecule has 0 saturated carbocycles. The molecule has 1 saturated heterocycles. The van der Waals surface area contributed by atoms with E-state index in [2.05, 4.69) is 21.6 Å². The van der Waals surface area contributed by atoms with Gasteiger partial charge in [-0.3, -0.25) is 4.79 Å². The molecule has 0 radical (unpaired) electrons. The lowest BCUT2D eigenvalue weighted by molar-refractivity contribution is -0.113. The van der Waals surface area contributed by atoms with Gasteiger partial charge in [-0.25, -0.2) is 8.42 Å². The Kier molecular flexibility index (Phi) is 7.58. The van der Waals surface area contributed by atoms with Crippen LogP contribution in [0.15, 0.2) is 58.2 Å². The number of aryl methyl sites for hydroxylation is 2. The Labute approximate surface area is 194 Å². The van der Waals surface area contributed by atoms with E-state index in [4.69, 9.17) is 4.74 Å². The van der Waals surface area contributed by atoms with Crippen LogP contribution < -0.4 is 5.32 Å². The number of hydrogen-bond acceptors (Lipinski definition) is 8. The second-order valence-corrected chi connectivity index (χ2v) is 10.9. The normalized spacial score (nSPS) is 15.0. The first-order chi connectivity index (χ1) is 15.5. The quantitative estimate of drug-likeness (QED) is 0.456. The topological polar surface area (TPSA) is 106 Å². The molecule has 1 aliphatic rings. The van der Waals surface area contributed by atoms with Crippen molar-refractivity contribution in [2.75, 3.05) is 37.4 Å². The molecule has 0 spiro atoms. The monoisotopic (exact) mass is 493 g/mol. The molecule has 0 aliphatic carbocycles. The average Bonchev–Trinajstić information content (AvgIpc) is 3.49. The van der Waals surface area contributed by atoms with Crippen LogP contribution in [0.3, 0.4) is 0 Å². The number of carbonyl (C=O) groups is 1. The van der Waals surface area contributed by atoms with Crippen LogP contribution in [0.5, 0.6) is 0 Å². The predicted molar refractivity (Wildman–Crippen MR) is 123 cm³/mol. The molecule has 32 heavy (non-hydrogen) atoms. The Bertz CT molecular complexity index is 1120. The zero-order valence-corrected chi connectivity index (χ0v) is 19.7. The second kappa shape index (κ2) is 10.6. The minimum atomic E-state index is -3.55. The summed E-state index contributed by atoms with van der Waals surface area (Å²) in [5.74, 6) is -0.0301. The number of thioether (sulfide) groups is 1. The van der Waals surface area contributed by atoms with Crippen molar-refractivity contribution in [1.82, 2.24) is 19.1 Å². The van der Waals surface area contributed by atoms with Crippen molar-refractivity contribution in [1.29, 1.82) is 0 Å². The van der Waals surface area contributed by atoms with Gasteiger partial charge < -0.3 is 14.6 Å². The van der Waals surface area contributed by atoms with E-state index in [1.807, 2.05) is 16.0 Å². The number of carbonyl (C=O) groups excluding carboxylic acids is 1. The van der Waals surface area contributed by atoms with Gasteiger partial charge in [-0.05, 0) is 42.1 Å². The summed E-state index contributed by atoms with van der Waals surface area (Å²) < 4.78 is 33.9. The van der Waals surface area contributed by atoms with E-state index in [1.54, 1.807) is 29.8 Å². The largest absolute Gasteiger partial charge is 0.379 e. The molecule has 1 aliphatic heterocycles. The molecule has 0 bridgehead atoms. The van der Waals surface area contributed by atoms with Crippen LogP contribution in [0, 0.1) is 0 Å². The zero-order chi connectivity index (χ0) is 22.4. The summed E-state index contributed by atoms with van der Waals surface area (Å²) in [5, 5.41) is 13.6. The molecule has 1 aromatic carbocycles. The lowest BCUT2D eigenvalue weighted by Gasteiger charge is -2.26. The van der Waals surface area contributed by atoms with E-state index >= 15 is 0 Å². The number of nitrogens with one attached hydrogen (secondary N) is 1. The molecule has 9 nitrogen and oxygen atoms in total. The van der Waals surface area contributed by atoms with Crippen LogP contribution in [0.1, 0.15) is 4.88 Å². The Morgan fingerprint density at radius 3 is 2.69 bits per heavy atom. The number of benzene rings is 1. The van der Waals surface area contributed by atoms with Gasteiger partial charge >= 0.3 is 0 Å². The fourth-order valence-electron chi connectivity index (χ4n) is 3.17. The molecular formula is C20H23N5O4S3. The number of amides is 1. The minimum absolute atomic E-state index is 0.172. The number of aromatic nitrogens is 3. The van der Waals surface area contributed by atoms with Gasteiger partial charge in [0.15, 0.2) is 5.16 Å². The van der Waals surface area contributed by atoms with Gasteiger partial charge in [-0.15, -0.1) is 21.5 Å². The molecule has 0 atom stereocenters. The molecule has 3 aromatic rings. The first-order valence-corrected chi connectivity index (χ1v) is 13.3. The summed E-state index contributed by atoms with van der Waals surface area (Å²) in [4.78, 5) is 13.8. The number of morpholine rings is 1. The first kappa shape index (κ1) is 22.9. The molecule has 0 unspecified atom stereocenters. The van der Waals surface area contributed by atoms with Gasteiger partial charge in [0.25, 0.3) is 0 Å². The fourth-order valence-corrected chi connectivity index (χ4v) is 6.02. The average molecular weight is 494 g/mol. The fraction of sp³-hybridized carbons (Fsp3) is 0.350. The van der Waals surface area contributed by atoms with Crippen molar-refractivity contribution in [3.63, 3.8) is 0 Å². The molecule has 1 N–H and O–H groups in total. The summed E-state index contributed by atoms with van der Waals surface area (Å²) in [6.45, 7) is 2.22. The maximum atomic E-state index is 12.7. The van der Waals surface area contributed by atoms with Crippen molar-refractivity contribution >= 4 is 44.7 Å². The standard InChI is InChI=1S/C20H23N5O4S3/c26-19(14-31-20-23-21-15-24(20)8-7-17-2-1-13-30-17)22-16-3-5-18(6-4-16)32(27,28)25-9-11-29-12-10-25/h1-6,13,15H,7-12,14H2,(H,22,26). The highest BCUT2D eigenvalue weighted by Gasteiger charge is 2.26. The molecule has 1 amide bonds. The lowest BCUT2D eigenvalue weighted by atomic mass is 10.3. The summed E-state index contributed by atoms with van der Waals surface area (Å²) in [6, 6.07) is 10.3. The van der Waals surface area contributed by atoms with Crippen molar-refractivity contribution in [2.24, 2.45) is 0 Å². The number of thiophene rings is 1. The third-order valence-corrected chi connectivity index (χ3v) is 8.67. The number of nitrogens with zero attached hydrogens (tertiary/aromatic N) is 4. The number of sulfonamides is 1. The molecule has 2 aromatic heterocycles. The van der Waals surface area contributed by atoms with Gasteiger partial charge in [0.05, 0.1) is 23.9 Å². The zero-order valence-electron chi connectivity index (χ0n) is 17.2. The summed E-state index contributed by atoms with van der Waals surface area (Å²) in [6.07, 6.45) is 2.55. The summed E-state index contributed by atoms with van der Waals surface area (Å²) in [5.41, 5.74) is 0.538. The molecule has 4 rings (SSSR count). The number of ether oxygens (including phenoxy) is 1. The maximum absolute atomic E-state index is 12.7. The van der Waals surface area contributed by atoms with Crippen LogP contribution in [0.4, 0.5) is 5.69 Å². The molecule has 3 heterocycles. The van der Waals surface area contributed by atoms with E-state index in [0.29, 0.717) is 37.1 Å². The van der Waals surface area contributed by atoms with Gasteiger partial charge in [0.1, 0.15) is 6.33 Å². The second-order valence-electron chi connectivity index (χ2n) is 7.01. The number of hydrogen-bond donors (Lipinski definition) is 1. The van der Waals surface area contributed by atoms with Gasteiger partial charge in [-0.2, -0.15) is 4.31 Å². The molecule has 1 fully saturated rings. The third-order valence-electron chi connectivity index (χ3n) is 4.84. The van der Waals surface area contributed by atoms with Crippen molar-refractivity contribution < 1.29 is 17.9 Å². The Morgan fingerprint density at radius 1 is 1.19 bits per heavy atom. The van der Waals surface area contributed by atoms with Crippen LogP contribution >= 0.6 is 23.1 Å². The predicted octanol–water partition coefficient (Wildman–Crippen LogP) is 2.33. The van der Waals surface area contributed by atoms with Gasteiger partial charge in [-0.1, -0.05) is 17.8 Å². The van der Waals surface area contributed by atoms with Gasteiger partial charge in [0, 0.05) is 30.2 Å². The van der Waals surface area contributed by atoms with Crippen molar-refractivity contribution in [3.8, 4) is 0 Å². The van der Waals surface area contributed by atoms with E-state index in [0.717, 1.165) is 13.0 Å². The third kappa shape index (κ3) is 5.75. The Morgan fingerprint density at radius 2 is 1.97 bits per heavy atom. The first-order valence-electron chi connectivity index (χ1n) is 10.0. The van der Waals surface area contributed by atoms with Gasteiger partial charge in [0.2, 0.25) is 15.9 Å². The molecule has 170 valence electrons. The Hall–Kier alpha value is -2.25. The van der Waals surface area contributed by atoms with Crippen LogP contribution in [0.2, 0.25) is 0 Å². The highest BCUT2D eigenvalue weighted by atomic mass is 32.2. The smallest absolute Gasteiger partial charge is 0.243 e. The highest BCUT2D eigenvalue weighted by Crippen LogP contribution is 2.21. The lowest BCUT2D eigenvalue weighted by Crippen LogP contribution is -2.40. The van der Waals surface area contributed by atoms with E-state index in [9.17, 15) is 13.2 Å². The maximum Gasteiger partial charge on any atom is 0.243 e. The van der Waals surface area contributed by atoms with E-state index in [-0.39, 0.29) is 16.6 Å². The van der Waals surface area contributed by atoms with Crippen LogP contribution in [0.25, 0.3) is 0 Å². The molecular weight excluding hydrogens is 470 g/mol. The van der Waals surface area contributed by atoms with Crippen molar-refractivity contribution in [3.05, 3.63) is 53.0 Å². The number of rotatable bonds is 9. The highest BCUT2D eigenvalue weighted by molar-refractivity contribution is 7.99. The summed E-state index contributed by atoms with van der Waals surface area (Å²) in [7, 11) is -3.55. The number of anilines is 1. The minimum Gasteiger partial charge on any atom is -0.379 e. The van der Waals surface area contributed by atoms with Crippen molar-refractivity contribution in [2.45, 2.75) is 23.0 Å². The van der Waals surface area contributed by atoms with Crippen LogP contribution in [-0.2, 0) is 32.5 Å². The molecule has 12 heteroatoms. The van der Waals surface area contributed by atoms with E-state index < -0.39 is 10.0 Å². The van der Waals surface area contributed by atoms with Crippen LogP contribution in [-0.4, -0.2) is 65.5 Å². The van der Waals surface area contributed by atoms with E-state index in [1.165, 1.54) is 33.1 Å². The SMILES string of the molecule is O=C(CSc1nncn1CCc1cccs1)Nc1ccc(S(=O)(=O)N2CCOCC2)cc1. The Balaban J connectivity index is 1.29.